The summed E-state index contributed by atoms with van der Waals surface area (Å²) < 4.78 is 60.1. The molecule has 0 spiro atoms. The Labute approximate surface area is 195 Å². The van der Waals surface area contributed by atoms with Gasteiger partial charge in [-0.25, -0.2) is 21.6 Å². The quantitative estimate of drug-likeness (QED) is 0.612. The highest BCUT2D eigenvalue weighted by molar-refractivity contribution is 7.89. The minimum absolute atomic E-state index is 0.0132. The molecule has 1 aliphatic heterocycles. The summed E-state index contributed by atoms with van der Waals surface area (Å²) in [5.74, 6) is 0.0102. The number of sulfonamides is 2. The van der Waals surface area contributed by atoms with Gasteiger partial charge in [0.25, 0.3) is 0 Å². The van der Waals surface area contributed by atoms with Crippen molar-refractivity contribution >= 4 is 26.0 Å². The van der Waals surface area contributed by atoms with Crippen LogP contribution in [0.4, 0.5) is 0 Å². The maximum absolute atomic E-state index is 13.0. The van der Waals surface area contributed by atoms with E-state index in [1.165, 1.54) is 4.31 Å². The van der Waals surface area contributed by atoms with Crippen molar-refractivity contribution in [2.24, 2.45) is 0 Å². The van der Waals surface area contributed by atoms with Crippen molar-refractivity contribution in [3.63, 3.8) is 0 Å². The van der Waals surface area contributed by atoms with Crippen LogP contribution in [0.15, 0.2) is 32.5 Å². The van der Waals surface area contributed by atoms with Gasteiger partial charge in [-0.1, -0.05) is 17.3 Å². The van der Waals surface area contributed by atoms with Gasteiger partial charge in [0.05, 0.1) is 4.90 Å². The Bertz CT molecular complexity index is 1220. The van der Waals surface area contributed by atoms with Crippen molar-refractivity contribution < 1.29 is 26.2 Å². The number of hydrogen-bond acceptors (Lipinski definition) is 7. The normalized spacial score (nSPS) is 16.1. The summed E-state index contributed by atoms with van der Waals surface area (Å²) in [6.45, 7) is 7.68. The maximum Gasteiger partial charge on any atom is 0.248 e. The number of aromatic nitrogens is 1. The molecule has 1 aromatic carbocycles. The van der Waals surface area contributed by atoms with Gasteiger partial charge >= 0.3 is 0 Å². The van der Waals surface area contributed by atoms with Crippen LogP contribution in [0, 0.1) is 27.7 Å². The first-order valence-corrected chi connectivity index (χ1v) is 13.6. The first-order chi connectivity index (χ1) is 15.4. The van der Waals surface area contributed by atoms with Crippen LogP contribution in [-0.4, -0.2) is 69.8 Å². The Balaban J connectivity index is 1.58. The van der Waals surface area contributed by atoms with Gasteiger partial charge in [0, 0.05) is 39.1 Å². The number of rotatable bonds is 7. The average molecular weight is 499 g/mol. The zero-order chi connectivity index (χ0) is 24.4. The fourth-order valence-electron chi connectivity index (χ4n) is 3.88. The predicted molar refractivity (Wildman–Crippen MR) is 122 cm³/mol. The van der Waals surface area contributed by atoms with Gasteiger partial charge in [0.15, 0.2) is 5.76 Å². The second-order valence-electron chi connectivity index (χ2n) is 8.21. The lowest BCUT2D eigenvalue weighted by Crippen LogP contribution is -2.38. The van der Waals surface area contributed by atoms with E-state index in [0.29, 0.717) is 24.2 Å². The number of nitrogens with zero attached hydrogens (tertiary/aromatic N) is 3. The monoisotopic (exact) mass is 498 g/mol. The minimum Gasteiger partial charge on any atom is -0.360 e. The summed E-state index contributed by atoms with van der Waals surface area (Å²) in [4.78, 5) is 14.5. The molecule has 0 bridgehead atoms. The number of amides is 1. The van der Waals surface area contributed by atoms with E-state index in [9.17, 15) is 21.6 Å². The fraction of sp³-hybridized carbons (Fsp3) is 0.524. The smallest absolute Gasteiger partial charge is 0.248 e. The molecule has 2 aromatic rings. The van der Waals surface area contributed by atoms with Crippen molar-refractivity contribution in [3.05, 3.63) is 40.8 Å². The van der Waals surface area contributed by atoms with Gasteiger partial charge in [-0.3, -0.25) is 4.79 Å². The summed E-state index contributed by atoms with van der Waals surface area (Å²) >= 11 is 0. The Kier molecular flexibility index (Phi) is 7.62. The van der Waals surface area contributed by atoms with Gasteiger partial charge < -0.3 is 9.42 Å². The first-order valence-electron chi connectivity index (χ1n) is 10.7. The van der Waals surface area contributed by atoms with Gasteiger partial charge in [-0.05, 0) is 51.3 Å². The number of hydrogen-bond donors (Lipinski definition) is 1. The molecular formula is C21H30N4O6S2. The highest BCUT2D eigenvalue weighted by Crippen LogP contribution is 2.24. The fourth-order valence-corrected chi connectivity index (χ4v) is 7.00. The van der Waals surface area contributed by atoms with Crippen LogP contribution in [-0.2, 0) is 24.8 Å². The Morgan fingerprint density at radius 1 is 1.06 bits per heavy atom. The first kappa shape index (κ1) is 25.3. The van der Waals surface area contributed by atoms with Crippen molar-refractivity contribution in [1.82, 2.24) is 19.1 Å². The molecule has 1 aliphatic rings. The van der Waals surface area contributed by atoms with Gasteiger partial charge in [-0.15, -0.1) is 0 Å². The van der Waals surface area contributed by atoms with Crippen LogP contribution in [0.3, 0.4) is 0 Å². The van der Waals surface area contributed by atoms with Crippen molar-refractivity contribution in [3.8, 4) is 0 Å². The van der Waals surface area contributed by atoms with E-state index in [1.807, 2.05) is 13.0 Å². The Morgan fingerprint density at radius 2 is 1.79 bits per heavy atom. The van der Waals surface area contributed by atoms with Crippen LogP contribution < -0.4 is 4.72 Å². The molecular weight excluding hydrogens is 468 g/mol. The van der Waals surface area contributed by atoms with Gasteiger partial charge in [0.2, 0.25) is 26.0 Å². The molecule has 3 rings (SSSR count). The Hall–Kier alpha value is -2.28. The molecule has 1 aromatic heterocycles. The highest BCUT2D eigenvalue weighted by Gasteiger charge is 2.32. The predicted octanol–water partition coefficient (Wildman–Crippen LogP) is 1.50. The second kappa shape index (κ2) is 9.92. The SMILES string of the molecule is Cc1ccc(C)c(S(=O)(=O)NCCC(=O)N2CCCN(S(=O)(=O)c3c(C)noc3C)CC2)c1. The van der Waals surface area contributed by atoms with Crippen molar-refractivity contribution in [2.75, 3.05) is 32.7 Å². The van der Waals surface area contributed by atoms with Crippen LogP contribution >= 0.6 is 0 Å². The third-order valence-corrected chi connectivity index (χ3v) is 9.38. The molecule has 1 amide bonds. The van der Waals surface area contributed by atoms with Crippen LogP contribution in [0.1, 0.15) is 35.4 Å². The maximum atomic E-state index is 13.0. The topological polar surface area (TPSA) is 130 Å². The van der Waals surface area contributed by atoms with E-state index in [0.717, 1.165) is 5.56 Å². The minimum atomic E-state index is -3.78. The Morgan fingerprint density at radius 3 is 2.45 bits per heavy atom. The number of nitrogens with one attached hydrogen (secondary N) is 1. The van der Waals surface area contributed by atoms with Crippen molar-refractivity contribution in [1.29, 1.82) is 0 Å². The molecule has 12 heteroatoms. The molecule has 182 valence electrons. The van der Waals surface area contributed by atoms with Crippen LogP contribution in [0.25, 0.3) is 0 Å². The molecule has 1 N–H and O–H groups in total. The molecule has 33 heavy (non-hydrogen) atoms. The molecule has 10 nitrogen and oxygen atoms in total. The number of aryl methyl sites for hydroxylation is 4. The molecule has 1 fully saturated rings. The van der Waals surface area contributed by atoms with Gasteiger partial charge in [0.1, 0.15) is 10.6 Å². The number of carbonyl (C=O) groups is 1. The van der Waals surface area contributed by atoms with Gasteiger partial charge in [-0.2, -0.15) is 4.31 Å². The van der Waals surface area contributed by atoms with Crippen LogP contribution in [0.2, 0.25) is 0 Å². The van der Waals surface area contributed by atoms with E-state index < -0.39 is 20.0 Å². The molecule has 0 atom stereocenters. The average Bonchev–Trinajstić information content (AvgIpc) is 2.93. The second-order valence-corrected chi connectivity index (χ2v) is 11.8. The zero-order valence-corrected chi connectivity index (χ0v) is 20.9. The van der Waals surface area contributed by atoms with E-state index in [1.54, 1.807) is 37.8 Å². The summed E-state index contributed by atoms with van der Waals surface area (Å²) in [5, 5.41) is 3.73. The number of benzene rings is 1. The third kappa shape index (κ3) is 5.62. The van der Waals surface area contributed by atoms with E-state index in [2.05, 4.69) is 9.88 Å². The summed E-state index contributed by atoms with van der Waals surface area (Å²) in [6, 6.07) is 5.18. The lowest BCUT2D eigenvalue weighted by atomic mass is 10.2. The number of carbonyl (C=O) groups excluding carboxylic acids is 1. The van der Waals surface area contributed by atoms with Crippen molar-refractivity contribution in [2.45, 2.75) is 50.3 Å². The summed E-state index contributed by atoms with van der Waals surface area (Å²) in [7, 11) is -7.51. The lowest BCUT2D eigenvalue weighted by Gasteiger charge is -2.22. The molecule has 0 saturated carbocycles. The summed E-state index contributed by atoms with van der Waals surface area (Å²) in [5.41, 5.74) is 1.77. The highest BCUT2D eigenvalue weighted by atomic mass is 32.2. The summed E-state index contributed by atoms with van der Waals surface area (Å²) in [6.07, 6.45) is 0.462. The molecule has 0 radical (unpaired) electrons. The standard InChI is InChI=1S/C21H30N4O6S2/c1-15-6-7-16(2)19(14-15)32(27,28)22-9-8-20(26)24-10-5-11-25(13-12-24)33(29,30)21-17(3)23-31-18(21)4/h6-7,14,22H,5,8-13H2,1-4H3. The zero-order valence-electron chi connectivity index (χ0n) is 19.3. The van der Waals surface area contributed by atoms with Crippen LogP contribution in [0.5, 0.6) is 0 Å². The molecule has 0 unspecified atom stereocenters. The van der Waals surface area contributed by atoms with E-state index in [4.69, 9.17) is 4.52 Å². The van der Waals surface area contributed by atoms with E-state index >= 15 is 0 Å². The van der Waals surface area contributed by atoms with E-state index in [-0.39, 0.29) is 54.1 Å². The molecule has 2 heterocycles. The lowest BCUT2D eigenvalue weighted by molar-refractivity contribution is -0.130. The third-order valence-electron chi connectivity index (χ3n) is 5.64. The molecule has 1 saturated heterocycles. The largest absolute Gasteiger partial charge is 0.360 e. The molecule has 0 aliphatic carbocycles.